The van der Waals surface area contributed by atoms with Crippen molar-refractivity contribution in [3.05, 3.63) is 18.0 Å². The molecule has 24 heavy (non-hydrogen) atoms. The molecule has 1 heterocycles. The van der Waals surface area contributed by atoms with Crippen molar-refractivity contribution >= 4 is 29.9 Å². The van der Waals surface area contributed by atoms with E-state index in [2.05, 4.69) is 68.5 Å². The third-order valence-corrected chi connectivity index (χ3v) is 3.63. The van der Waals surface area contributed by atoms with Crippen molar-refractivity contribution in [2.24, 2.45) is 10.4 Å². The Kier molecular flexibility index (Phi) is 11.3. The molecule has 0 fully saturated rings. The summed E-state index contributed by atoms with van der Waals surface area (Å²) in [6.07, 6.45) is 7.32. The van der Waals surface area contributed by atoms with E-state index in [9.17, 15) is 0 Å². The number of aliphatic imine (C=N–C) groups is 1. The highest BCUT2D eigenvalue weighted by molar-refractivity contribution is 14.0. The SMILES string of the molecule is CCNC(=NCCCn1cc(C)cn1)NC(C)CCC(C)(C)C.I. The molecule has 1 unspecified atom stereocenters. The lowest BCUT2D eigenvalue weighted by molar-refractivity contribution is 0.346. The number of nitrogens with one attached hydrogen (secondary N) is 2. The molecular weight excluding hydrogens is 413 g/mol. The van der Waals surface area contributed by atoms with Crippen molar-refractivity contribution in [2.75, 3.05) is 13.1 Å². The summed E-state index contributed by atoms with van der Waals surface area (Å²) >= 11 is 0. The van der Waals surface area contributed by atoms with Gasteiger partial charge in [0.25, 0.3) is 0 Å². The van der Waals surface area contributed by atoms with Crippen LogP contribution in [0, 0.1) is 12.3 Å². The van der Waals surface area contributed by atoms with E-state index in [-0.39, 0.29) is 24.0 Å². The zero-order valence-electron chi connectivity index (χ0n) is 16.2. The van der Waals surface area contributed by atoms with E-state index in [1.54, 1.807) is 0 Å². The van der Waals surface area contributed by atoms with Gasteiger partial charge in [-0.15, -0.1) is 24.0 Å². The van der Waals surface area contributed by atoms with Crippen LogP contribution in [0.3, 0.4) is 0 Å². The molecule has 0 saturated heterocycles. The predicted octanol–water partition coefficient (Wildman–Crippen LogP) is 3.97. The first-order valence-corrected chi connectivity index (χ1v) is 8.84. The van der Waals surface area contributed by atoms with Gasteiger partial charge in [-0.25, -0.2) is 0 Å². The minimum absolute atomic E-state index is 0. The number of aryl methyl sites for hydroxylation is 2. The number of guanidine groups is 1. The molecule has 0 amide bonds. The summed E-state index contributed by atoms with van der Waals surface area (Å²) in [4.78, 5) is 4.67. The summed E-state index contributed by atoms with van der Waals surface area (Å²) in [7, 11) is 0. The Balaban J connectivity index is 0.00000529. The minimum atomic E-state index is 0. The second-order valence-electron chi connectivity index (χ2n) is 7.54. The van der Waals surface area contributed by atoms with E-state index in [0.29, 0.717) is 11.5 Å². The molecule has 6 heteroatoms. The fourth-order valence-corrected chi connectivity index (χ4v) is 2.29. The second kappa shape index (κ2) is 11.7. The first kappa shape index (κ1) is 23.2. The van der Waals surface area contributed by atoms with Crippen LogP contribution in [-0.4, -0.2) is 34.9 Å². The van der Waals surface area contributed by atoms with Crippen LogP contribution in [0.15, 0.2) is 17.4 Å². The summed E-state index contributed by atoms with van der Waals surface area (Å²) in [5.41, 5.74) is 1.59. The summed E-state index contributed by atoms with van der Waals surface area (Å²) < 4.78 is 1.98. The highest BCUT2D eigenvalue weighted by Crippen LogP contribution is 2.21. The van der Waals surface area contributed by atoms with Gasteiger partial charge in [0.1, 0.15) is 0 Å². The molecule has 1 aromatic heterocycles. The quantitative estimate of drug-likeness (QED) is 0.273. The molecule has 0 aliphatic rings. The van der Waals surface area contributed by atoms with Crippen LogP contribution >= 0.6 is 24.0 Å². The Morgan fingerprint density at radius 3 is 2.62 bits per heavy atom. The maximum absolute atomic E-state index is 4.67. The number of rotatable bonds is 8. The molecule has 5 nitrogen and oxygen atoms in total. The smallest absolute Gasteiger partial charge is 0.191 e. The lowest BCUT2D eigenvalue weighted by Crippen LogP contribution is -2.42. The molecular formula is C18H36IN5. The van der Waals surface area contributed by atoms with E-state index < -0.39 is 0 Å². The van der Waals surface area contributed by atoms with Crippen molar-refractivity contribution in [1.29, 1.82) is 0 Å². The highest BCUT2D eigenvalue weighted by Gasteiger charge is 2.13. The lowest BCUT2D eigenvalue weighted by Gasteiger charge is -2.23. The summed E-state index contributed by atoms with van der Waals surface area (Å²) in [5, 5.41) is 11.1. The first-order chi connectivity index (χ1) is 10.8. The fraction of sp³-hybridized carbons (Fsp3) is 0.778. The molecule has 0 saturated carbocycles. The van der Waals surface area contributed by atoms with E-state index in [1.165, 1.54) is 12.0 Å². The van der Waals surface area contributed by atoms with Crippen LogP contribution in [0.4, 0.5) is 0 Å². The molecule has 140 valence electrons. The molecule has 0 radical (unpaired) electrons. The van der Waals surface area contributed by atoms with Gasteiger partial charge in [0.15, 0.2) is 5.96 Å². The topological polar surface area (TPSA) is 54.2 Å². The Morgan fingerprint density at radius 2 is 2.08 bits per heavy atom. The van der Waals surface area contributed by atoms with Gasteiger partial charge in [-0.1, -0.05) is 20.8 Å². The van der Waals surface area contributed by atoms with Crippen LogP contribution in [0.25, 0.3) is 0 Å². The molecule has 0 aliphatic carbocycles. The Morgan fingerprint density at radius 1 is 1.38 bits per heavy atom. The number of hydrogen-bond acceptors (Lipinski definition) is 2. The molecule has 1 atom stereocenters. The zero-order chi connectivity index (χ0) is 17.3. The van der Waals surface area contributed by atoms with Crippen LogP contribution in [-0.2, 0) is 6.54 Å². The maximum Gasteiger partial charge on any atom is 0.191 e. The molecule has 1 rings (SSSR count). The van der Waals surface area contributed by atoms with Crippen molar-refractivity contribution in [3.8, 4) is 0 Å². The largest absolute Gasteiger partial charge is 0.357 e. The zero-order valence-corrected chi connectivity index (χ0v) is 18.6. The number of nitrogens with zero attached hydrogens (tertiary/aromatic N) is 3. The highest BCUT2D eigenvalue weighted by atomic mass is 127. The second-order valence-corrected chi connectivity index (χ2v) is 7.54. The summed E-state index contributed by atoms with van der Waals surface area (Å²) in [6, 6.07) is 0.431. The van der Waals surface area contributed by atoms with E-state index in [0.717, 1.165) is 38.4 Å². The van der Waals surface area contributed by atoms with Gasteiger partial charge in [0.2, 0.25) is 0 Å². The summed E-state index contributed by atoms with van der Waals surface area (Å²) in [6.45, 7) is 15.9. The molecule has 2 N–H and O–H groups in total. The van der Waals surface area contributed by atoms with Gasteiger partial charge in [-0.2, -0.15) is 5.10 Å². The third-order valence-electron chi connectivity index (χ3n) is 3.63. The third kappa shape index (κ3) is 10.9. The van der Waals surface area contributed by atoms with Crippen LogP contribution in [0.2, 0.25) is 0 Å². The van der Waals surface area contributed by atoms with Gasteiger partial charge >= 0.3 is 0 Å². The van der Waals surface area contributed by atoms with Crippen LogP contribution < -0.4 is 10.6 Å². The standard InChI is InChI=1S/C18H35N5.HI/c1-7-19-17(22-16(3)9-10-18(4,5)6)20-11-8-12-23-14-15(2)13-21-23;/h13-14,16H,7-12H2,1-6H3,(H2,19,20,22);1H. The Bertz CT molecular complexity index is 476. The van der Waals surface area contributed by atoms with Crippen molar-refractivity contribution in [1.82, 2.24) is 20.4 Å². The maximum atomic E-state index is 4.67. The van der Waals surface area contributed by atoms with E-state index in [4.69, 9.17) is 0 Å². The van der Waals surface area contributed by atoms with E-state index in [1.807, 2.05) is 10.9 Å². The van der Waals surface area contributed by atoms with Crippen molar-refractivity contribution in [3.63, 3.8) is 0 Å². The molecule has 0 bridgehead atoms. The molecule has 0 spiro atoms. The molecule has 0 aliphatic heterocycles. The number of hydrogen-bond donors (Lipinski definition) is 2. The average Bonchev–Trinajstić information content (AvgIpc) is 2.86. The number of aromatic nitrogens is 2. The fourth-order valence-electron chi connectivity index (χ4n) is 2.29. The Hall–Kier alpha value is -0.790. The van der Waals surface area contributed by atoms with Crippen molar-refractivity contribution in [2.45, 2.75) is 73.4 Å². The van der Waals surface area contributed by atoms with Crippen LogP contribution in [0.5, 0.6) is 0 Å². The van der Waals surface area contributed by atoms with Gasteiger partial charge in [-0.05, 0) is 51.0 Å². The lowest BCUT2D eigenvalue weighted by atomic mass is 9.89. The predicted molar refractivity (Wildman–Crippen MR) is 114 cm³/mol. The first-order valence-electron chi connectivity index (χ1n) is 8.84. The average molecular weight is 449 g/mol. The molecule has 0 aromatic carbocycles. The van der Waals surface area contributed by atoms with Gasteiger partial charge in [0, 0.05) is 31.9 Å². The summed E-state index contributed by atoms with van der Waals surface area (Å²) in [5.74, 6) is 0.922. The van der Waals surface area contributed by atoms with Gasteiger partial charge in [0.05, 0.1) is 6.20 Å². The normalized spacial score (nSPS) is 13.3. The Labute approximate surface area is 165 Å². The minimum Gasteiger partial charge on any atom is -0.357 e. The van der Waals surface area contributed by atoms with Gasteiger partial charge in [-0.3, -0.25) is 9.67 Å². The molecule has 1 aromatic rings. The van der Waals surface area contributed by atoms with Crippen LogP contribution in [0.1, 0.15) is 59.4 Å². The monoisotopic (exact) mass is 449 g/mol. The number of halogens is 1. The van der Waals surface area contributed by atoms with Gasteiger partial charge < -0.3 is 10.6 Å². The van der Waals surface area contributed by atoms with E-state index >= 15 is 0 Å². The van der Waals surface area contributed by atoms with Crippen molar-refractivity contribution < 1.29 is 0 Å².